The third-order valence-electron chi connectivity index (χ3n) is 2.36. The van der Waals surface area contributed by atoms with Crippen molar-refractivity contribution in [2.75, 3.05) is 0 Å². The number of rotatable bonds is 2. The highest BCUT2D eigenvalue weighted by Gasteiger charge is 2.18. The van der Waals surface area contributed by atoms with E-state index in [-0.39, 0.29) is 21.2 Å². The summed E-state index contributed by atoms with van der Waals surface area (Å²) in [5.74, 6) is 0. The fraction of sp³-hybridized carbons (Fsp3) is 0.143. The van der Waals surface area contributed by atoms with Crippen molar-refractivity contribution in [1.29, 1.82) is 0 Å². The Hall–Kier alpha value is -0.830. The van der Waals surface area contributed by atoms with Gasteiger partial charge in [-0.2, -0.15) is 0 Å². The first-order valence-electron chi connectivity index (χ1n) is 5.03. The maximum Gasteiger partial charge on any atom is 0.358 e. The molecule has 2 rings (SSSR count). The van der Waals surface area contributed by atoms with Gasteiger partial charge in [-0.3, -0.25) is 0 Å². The summed E-state index contributed by atoms with van der Waals surface area (Å²) < 4.78 is 3.07. The molecule has 15 heavy (non-hydrogen) atoms. The van der Waals surface area contributed by atoms with Gasteiger partial charge in [-0.25, -0.2) is 0 Å². The van der Waals surface area contributed by atoms with E-state index in [1.165, 1.54) is 18.3 Å². The molecule has 0 heterocycles. The van der Waals surface area contributed by atoms with Crippen LogP contribution < -0.4 is 21.2 Å². The predicted octanol–water partition coefficient (Wildman–Crippen LogP) is 0.432. The van der Waals surface area contributed by atoms with Gasteiger partial charge in [0.05, 0.1) is 0 Å². The van der Waals surface area contributed by atoms with Crippen molar-refractivity contribution < 1.29 is 21.2 Å². The lowest BCUT2D eigenvalue weighted by Gasteiger charge is -1.94. The van der Waals surface area contributed by atoms with Crippen molar-refractivity contribution in [3.8, 4) is 0 Å². The molecule has 0 aliphatic rings. The molecule has 0 spiro atoms. The fourth-order valence-electron chi connectivity index (χ4n) is 1.42. The lowest BCUT2D eigenvalue weighted by atomic mass is 10.2. The average molecular weight is 309 g/mol. The number of hydrogen-bond donors (Lipinski definition) is 0. The van der Waals surface area contributed by atoms with Gasteiger partial charge in [-0.15, -0.1) is 0 Å². The summed E-state index contributed by atoms with van der Waals surface area (Å²) in [5, 5.41) is 0. The summed E-state index contributed by atoms with van der Waals surface area (Å²) in [7, 11) is 0. The van der Waals surface area contributed by atoms with Crippen LogP contribution in [0.15, 0.2) is 48.5 Å². The number of hydrogen-bond acceptors (Lipinski definition) is 0. The maximum atomic E-state index is 2.26. The Morgan fingerprint density at radius 1 is 0.667 bits per heavy atom. The van der Waals surface area contributed by atoms with Crippen LogP contribution in [0.3, 0.4) is 0 Å². The van der Waals surface area contributed by atoms with Crippen molar-refractivity contribution in [3.63, 3.8) is 0 Å². The molecule has 0 N–H and O–H groups in total. The van der Waals surface area contributed by atoms with E-state index >= 15 is 0 Å². The van der Waals surface area contributed by atoms with Crippen molar-refractivity contribution in [3.05, 3.63) is 66.8 Å². The van der Waals surface area contributed by atoms with Crippen LogP contribution in [0.2, 0.25) is 0 Å². The Bertz CT molecular complexity index is 417. The monoisotopic (exact) mass is 309 g/mol. The normalized spacial score (nSPS) is 10.3. The Labute approximate surface area is 102 Å². The smallest absolute Gasteiger partial charge is 0.0617 e. The molecule has 0 atom stereocenters. The molecular weight excluding hydrogens is 295 g/mol. The molecule has 0 saturated carbocycles. The second kappa shape index (κ2) is 4.79. The van der Waals surface area contributed by atoms with E-state index in [2.05, 4.69) is 62.4 Å². The first-order chi connectivity index (χ1) is 7.27. The molecule has 2 aromatic rings. The van der Waals surface area contributed by atoms with Gasteiger partial charge in [0, 0.05) is 11.1 Å². The zero-order valence-electron chi connectivity index (χ0n) is 9.00. The van der Waals surface area contributed by atoms with E-state index in [1.54, 1.807) is 0 Å². The van der Waals surface area contributed by atoms with Crippen molar-refractivity contribution in [2.45, 2.75) is 13.8 Å². The highest BCUT2D eigenvalue weighted by molar-refractivity contribution is 5.14. The quantitative estimate of drug-likeness (QED) is 0.706. The molecule has 0 saturated heterocycles. The van der Waals surface area contributed by atoms with Crippen LogP contribution in [0.25, 0.3) is 0 Å². The Kier molecular flexibility index (Phi) is 3.41. The van der Waals surface area contributed by atoms with Crippen LogP contribution in [0.5, 0.6) is 0 Å². The van der Waals surface area contributed by atoms with E-state index in [9.17, 15) is 0 Å². The lowest BCUT2D eigenvalue weighted by molar-refractivity contribution is -0.598. The van der Waals surface area contributed by atoms with Crippen molar-refractivity contribution in [1.82, 2.24) is 0 Å². The number of benzene rings is 2. The van der Waals surface area contributed by atoms with E-state index in [0.29, 0.717) is 0 Å². The van der Waals surface area contributed by atoms with Gasteiger partial charge in [0.25, 0.3) is 0 Å². The minimum Gasteiger partial charge on any atom is -0.0617 e. The summed E-state index contributed by atoms with van der Waals surface area (Å²) in [5.41, 5.74) is 2.85. The molecule has 0 radical (unpaired) electrons. The lowest BCUT2D eigenvalue weighted by Crippen LogP contribution is -3.62. The molecule has 0 bridgehead atoms. The summed E-state index contributed by atoms with van der Waals surface area (Å²) in [4.78, 5) is 0. The Balaban J connectivity index is 2.30. The Morgan fingerprint density at radius 3 is 1.47 bits per heavy atom. The molecule has 0 aromatic heterocycles. The molecular formula is C14H14I+. The number of aryl methyl sites for hydroxylation is 2. The Morgan fingerprint density at radius 2 is 1.07 bits per heavy atom. The van der Waals surface area contributed by atoms with Crippen LogP contribution in [-0.4, -0.2) is 0 Å². The highest BCUT2D eigenvalue weighted by atomic mass is 127. The van der Waals surface area contributed by atoms with E-state index in [0.717, 1.165) is 0 Å². The molecule has 0 aliphatic carbocycles. The summed E-state index contributed by atoms with van der Waals surface area (Å²) in [6.07, 6.45) is 0. The van der Waals surface area contributed by atoms with Crippen LogP contribution in [0.1, 0.15) is 11.1 Å². The summed E-state index contributed by atoms with van der Waals surface area (Å²) in [6, 6.07) is 17.4. The molecule has 0 unspecified atom stereocenters. The van der Waals surface area contributed by atoms with Gasteiger partial charge >= 0.3 is 21.2 Å². The van der Waals surface area contributed by atoms with Crippen molar-refractivity contribution in [2.24, 2.45) is 0 Å². The summed E-state index contributed by atoms with van der Waals surface area (Å²) >= 11 is -0.0147. The molecule has 0 nitrogen and oxygen atoms in total. The number of halogens is 1. The molecule has 0 fully saturated rings. The van der Waals surface area contributed by atoms with Crippen LogP contribution in [0.4, 0.5) is 0 Å². The van der Waals surface area contributed by atoms with Gasteiger partial charge in [0.1, 0.15) is 0 Å². The van der Waals surface area contributed by atoms with Gasteiger partial charge in [0.15, 0.2) is 7.14 Å². The second-order valence-electron chi connectivity index (χ2n) is 3.59. The largest absolute Gasteiger partial charge is 0.358 e. The van der Waals surface area contributed by atoms with Gasteiger partial charge in [-0.1, -0.05) is 36.4 Å². The van der Waals surface area contributed by atoms with E-state index < -0.39 is 0 Å². The topological polar surface area (TPSA) is 0 Å². The third kappa shape index (κ3) is 2.59. The molecule has 0 aliphatic heterocycles. The molecule has 1 heteroatoms. The fourth-order valence-corrected chi connectivity index (χ4v) is 4.03. The SMILES string of the molecule is Cc1ccccc1[I+]c1ccccc1C. The maximum absolute atomic E-state index is 2.26. The van der Waals surface area contributed by atoms with Gasteiger partial charge in [-0.05, 0) is 26.0 Å². The van der Waals surface area contributed by atoms with Crippen LogP contribution in [-0.2, 0) is 0 Å². The summed E-state index contributed by atoms with van der Waals surface area (Å²) in [6.45, 7) is 4.40. The average Bonchev–Trinajstić information content (AvgIpc) is 2.24. The van der Waals surface area contributed by atoms with E-state index in [1.807, 2.05) is 0 Å². The standard InChI is InChI=1S/C14H14I/c1-11-7-3-5-9-13(11)15-14-10-6-4-8-12(14)2/h3-10H,1-2H3/q+1. The minimum absolute atomic E-state index is 0.0147. The zero-order valence-corrected chi connectivity index (χ0v) is 11.2. The third-order valence-corrected chi connectivity index (χ3v) is 5.94. The molecule has 2 aromatic carbocycles. The highest BCUT2D eigenvalue weighted by Crippen LogP contribution is 1.97. The van der Waals surface area contributed by atoms with E-state index in [4.69, 9.17) is 0 Å². The first-order valence-corrected chi connectivity index (χ1v) is 7.19. The predicted molar refractivity (Wildman–Crippen MR) is 59.8 cm³/mol. The van der Waals surface area contributed by atoms with Crippen molar-refractivity contribution >= 4 is 0 Å². The molecule has 76 valence electrons. The van der Waals surface area contributed by atoms with Crippen LogP contribution in [0, 0.1) is 21.0 Å². The first kappa shape index (κ1) is 10.7. The van der Waals surface area contributed by atoms with Gasteiger partial charge in [0.2, 0.25) is 0 Å². The molecule has 0 amide bonds. The second-order valence-corrected chi connectivity index (χ2v) is 6.46. The zero-order chi connectivity index (χ0) is 10.7. The van der Waals surface area contributed by atoms with Gasteiger partial charge < -0.3 is 0 Å². The van der Waals surface area contributed by atoms with Crippen LogP contribution >= 0.6 is 0 Å². The minimum atomic E-state index is -0.0147.